The molecule has 0 radical (unpaired) electrons. The van der Waals surface area contributed by atoms with Gasteiger partial charge in [0, 0.05) is 12.3 Å². The molecule has 0 bridgehead atoms. The smallest absolute Gasteiger partial charge is 0.206 e. The van der Waals surface area contributed by atoms with Crippen molar-refractivity contribution in [3.8, 4) is 0 Å². The SMILES string of the molecule is C=CCNc1nnc(SC[C@@H](O)CO[C@H](c2ccccc2)c2ccccc2C)s1. The molecular formula is C22H25N3O2S2. The minimum absolute atomic E-state index is 0.215. The van der Waals surface area contributed by atoms with Crippen molar-refractivity contribution >= 4 is 28.2 Å². The largest absolute Gasteiger partial charge is 0.390 e. The number of ether oxygens (including phenoxy) is 1. The van der Waals surface area contributed by atoms with E-state index in [9.17, 15) is 5.11 Å². The third-order valence-electron chi connectivity index (χ3n) is 4.23. The van der Waals surface area contributed by atoms with Gasteiger partial charge in [-0.2, -0.15) is 0 Å². The maximum Gasteiger partial charge on any atom is 0.206 e. The monoisotopic (exact) mass is 427 g/mol. The highest BCUT2D eigenvalue weighted by molar-refractivity contribution is 8.01. The average Bonchev–Trinajstić information content (AvgIpc) is 3.21. The highest BCUT2D eigenvalue weighted by Gasteiger charge is 2.19. The van der Waals surface area contributed by atoms with Gasteiger partial charge in [-0.25, -0.2) is 0 Å². The van der Waals surface area contributed by atoms with Crippen molar-refractivity contribution in [2.24, 2.45) is 0 Å². The van der Waals surface area contributed by atoms with Crippen LogP contribution in [0.15, 0.2) is 71.6 Å². The Morgan fingerprint density at radius 2 is 1.93 bits per heavy atom. The summed E-state index contributed by atoms with van der Waals surface area (Å²) in [4.78, 5) is 0. The van der Waals surface area contributed by atoms with Gasteiger partial charge in [0.1, 0.15) is 6.10 Å². The number of nitrogens with zero attached hydrogens (tertiary/aromatic N) is 2. The number of hydrogen-bond donors (Lipinski definition) is 2. The van der Waals surface area contributed by atoms with E-state index in [1.807, 2.05) is 30.3 Å². The quantitative estimate of drug-likeness (QED) is 0.341. The van der Waals surface area contributed by atoms with Crippen LogP contribution in [0.25, 0.3) is 0 Å². The molecule has 0 saturated heterocycles. The molecule has 29 heavy (non-hydrogen) atoms. The lowest BCUT2D eigenvalue weighted by molar-refractivity contribution is 0.0153. The third-order valence-corrected chi connectivity index (χ3v) is 6.39. The highest BCUT2D eigenvalue weighted by Crippen LogP contribution is 2.29. The van der Waals surface area contributed by atoms with Crippen molar-refractivity contribution in [2.45, 2.75) is 23.5 Å². The average molecular weight is 428 g/mol. The van der Waals surface area contributed by atoms with Crippen molar-refractivity contribution in [1.82, 2.24) is 10.2 Å². The molecule has 0 amide bonds. The summed E-state index contributed by atoms with van der Waals surface area (Å²) in [6.45, 7) is 6.63. The van der Waals surface area contributed by atoms with Gasteiger partial charge in [0.05, 0.1) is 12.7 Å². The minimum Gasteiger partial charge on any atom is -0.390 e. The number of hydrogen-bond acceptors (Lipinski definition) is 7. The van der Waals surface area contributed by atoms with E-state index < -0.39 is 6.10 Å². The molecule has 7 heteroatoms. The Labute approximate surface area is 179 Å². The summed E-state index contributed by atoms with van der Waals surface area (Å²) in [5, 5.41) is 22.5. The maximum absolute atomic E-state index is 10.5. The summed E-state index contributed by atoms with van der Waals surface area (Å²) in [6.07, 6.45) is 0.949. The highest BCUT2D eigenvalue weighted by atomic mass is 32.2. The standard InChI is InChI=1S/C22H25N3O2S2/c1-3-13-23-21-24-25-22(29-21)28-15-18(26)14-27-20(17-10-5-4-6-11-17)19-12-8-7-9-16(19)2/h3-12,18,20,26H,1,13-15H2,2H3,(H,23,24)/t18-,20+/m0/s1. The summed E-state index contributed by atoms with van der Waals surface area (Å²) >= 11 is 2.94. The molecule has 0 aliphatic rings. The molecular weight excluding hydrogens is 402 g/mol. The van der Waals surface area contributed by atoms with Gasteiger partial charge in [0.2, 0.25) is 5.13 Å². The summed E-state index contributed by atoms with van der Waals surface area (Å²) in [7, 11) is 0. The van der Waals surface area contributed by atoms with E-state index in [-0.39, 0.29) is 12.7 Å². The van der Waals surface area contributed by atoms with Gasteiger partial charge >= 0.3 is 0 Å². The van der Waals surface area contributed by atoms with Gasteiger partial charge in [-0.3, -0.25) is 0 Å². The molecule has 2 atom stereocenters. The van der Waals surface area contributed by atoms with E-state index in [4.69, 9.17) is 4.74 Å². The van der Waals surface area contributed by atoms with Crippen molar-refractivity contribution in [1.29, 1.82) is 0 Å². The summed E-state index contributed by atoms with van der Waals surface area (Å²) in [5.74, 6) is 0.491. The third kappa shape index (κ3) is 6.40. The fourth-order valence-electron chi connectivity index (χ4n) is 2.80. The van der Waals surface area contributed by atoms with Crippen LogP contribution in [-0.4, -0.2) is 40.3 Å². The molecule has 0 fully saturated rings. The molecule has 0 spiro atoms. The molecule has 0 aliphatic carbocycles. The predicted octanol–water partition coefficient (Wildman–Crippen LogP) is 4.70. The number of nitrogens with one attached hydrogen (secondary N) is 1. The van der Waals surface area contributed by atoms with E-state index in [1.54, 1.807) is 6.08 Å². The number of thioether (sulfide) groups is 1. The van der Waals surface area contributed by atoms with Gasteiger partial charge in [0.15, 0.2) is 4.34 Å². The number of aliphatic hydroxyl groups is 1. The first kappa shape index (κ1) is 21.5. The van der Waals surface area contributed by atoms with E-state index in [2.05, 4.69) is 53.3 Å². The number of benzene rings is 2. The molecule has 2 aromatic carbocycles. The first-order valence-corrected chi connectivity index (χ1v) is 11.2. The van der Waals surface area contributed by atoms with Gasteiger partial charge in [-0.1, -0.05) is 83.8 Å². The number of rotatable bonds is 11. The Morgan fingerprint density at radius 1 is 1.17 bits per heavy atom. The molecule has 152 valence electrons. The Morgan fingerprint density at radius 3 is 2.69 bits per heavy atom. The number of aliphatic hydroxyl groups excluding tert-OH is 1. The molecule has 1 aromatic heterocycles. The van der Waals surface area contributed by atoms with Crippen molar-refractivity contribution in [3.05, 3.63) is 83.9 Å². The molecule has 0 unspecified atom stereocenters. The van der Waals surface area contributed by atoms with Gasteiger partial charge in [0.25, 0.3) is 0 Å². The fourth-order valence-corrected chi connectivity index (χ4v) is 4.49. The van der Waals surface area contributed by atoms with Crippen LogP contribution < -0.4 is 5.32 Å². The van der Waals surface area contributed by atoms with Crippen LogP contribution in [0, 0.1) is 6.92 Å². The van der Waals surface area contributed by atoms with Crippen LogP contribution in [0.3, 0.4) is 0 Å². The lowest BCUT2D eigenvalue weighted by atomic mass is 9.97. The van der Waals surface area contributed by atoms with Crippen molar-refractivity contribution < 1.29 is 9.84 Å². The molecule has 5 nitrogen and oxygen atoms in total. The predicted molar refractivity (Wildman–Crippen MR) is 121 cm³/mol. The normalized spacial score (nSPS) is 13.0. The molecule has 3 rings (SSSR count). The first-order chi connectivity index (χ1) is 14.2. The van der Waals surface area contributed by atoms with Crippen LogP contribution in [0.5, 0.6) is 0 Å². The van der Waals surface area contributed by atoms with Crippen LogP contribution in [0.4, 0.5) is 5.13 Å². The maximum atomic E-state index is 10.5. The second kappa shape index (κ2) is 11.1. The minimum atomic E-state index is -0.608. The van der Waals surface area contributed by atoms with E-state index in [1.165, 1.54) is 28.7 Å². The van der Waals surface area contributed by atoms with Gasteiger partial charge in [-0.15, -0.1) is 16.8 Å². The van der Waals surface area contributed by atoms with E-state index in [0.717, 1.165) is 20.6 Å². The Bertz CT molecular complexity index is 902. The lowest BCUT2D eigenvalue weighted by Gasteiger charge is -2.22. The first-order valence-electron chi connectivity index (χ1n) is 9.38. The lowest BCUT2D eigenvalue weighted by Crippen LogP contribution is -2.21. The molecule has 1 heterocycles. The molecule has 3 aromatic rings. The Hall–Kier alpha value is -2.19. The number of aryl methyl sites for hydroxylation is 1. The summed E-state index contributed by atoms with van der Waals surface area (Å²) < 4.78 is 7.00. The fraction of sp³-hybridized carbons (Fsp3) is 0.273. The zero-order chi connectivity index (χ0) is 20.5. The zero-order valence-electron chi connectivity index (χ0n) is 16.3. The summed E-state index contributed by atoms with van der Waals surface area (Å²) in [6, 6.07) is 18.3. The molecule has 2 N–H and O–H groups in total. The molecule has 0 saturated carbocycles. The number of aromatic nitrogens is 2. The second-order valence-electron chi connectivity index (χ2n) is 6.49. The topological polar surface area (TPSA) is 67.3 Å². The van der Waals surface area contributed by atoms with Gasteiger partial charge < -0.3 is 15.2 Å². The van der Waals surface area contributed by atoms with Crippen LogP contribution >= 0.6 is 23.1 Å². The molecule has 0 aliphatic heterocycles. The Balaban J connectivity index is 1.58. The second-order valence-corrected chi connectivity index (χ2v) is 8.73. The Kier molecular flexibility index (Phi) is 8.25. The van der Waals surface area contributed by atoms with Crippen molar-refractivity contribution in [3.63, 3.8) is 0 Å². The zero-order valence-corrected chi connectivity index (χ0v) is 18.0. The van der Waals surface area contributed by atoms with Crippen LogP contribution in [0.1, 0.15) is 22.8 Å². The van der Waals surface area contributed by atoms with E-state index >= 15 is 0 Å². The van der Waals surface area contributed by atoms with E-state index in [0.29, 0.717) is 12.3 Å². The summed E-state index contributed by atoms with van der Waals surface area (Å²) in [5.41, 5.74) is 3.35. The number of anilines is 1. The van der Waals surface area contributed by atoms with Crippen molar-refractivity contribution in [2.75, 3.05) is 24.2 Å². The van der Waals surface area contributed by atoms with Crippen LogP contribution in [0.2, 0.25) is 0 Å². The van der Waals surface area contributed by atoms with Gasteiger partial charge in [-0.05, 0) is 23.6 Å². The van der Waals surface area contributed by atoms with Crippen LogP contribution in [-0.2, 0) is 4.74 Å².